The summed E-state index contributed by atoms with van der Waals surface area (Å²) in [5.74, 6) is 0. The number of carbonyl (C=O) groups is 1. The average Bonchev–Trinajstić information content (AvgIpc) is 2.37. The molecular formula is C14H21BrN2O2. The first-order valence-electron chi connectivity index (χ1n) is 6.22. The van der Waals surface area contributed by atoms with Crippen molar-refractivity contribution in [3.8, 4) is 0 Å². The fraction of sp³-hybridized carbons (Fsp3) is 0.500. The minimum atomic E-state index is -0.167. The lowest BCUT2D eigenvalue weighted by Crippen LogP contribution is -2.43. The van der Waals surface area contributed by atoms with Gasteiger partial charge >= 0.3 is 6.03 Å². The standard InChI is InChI=1S/C14H21BrN2O2/c1-14(2,11-4-6-12(15)7-5-11)10-16-13(19)17(3)8-9-18/h4-7,18H,8-10H2,1-3H3,(H,16,19). The zero-order valence-corrected chi connectivity index (χ0v) is 13.2. The number of carbonyl (C=O) groups excluding carboxylic acids is 1. The molecule has 0 radical (unpaired) electrons. The highest BCUT2D eigenvalue weighted by molar-refractivity contribution is 9.10. The number of nitrogens with one attached hydrogen (secondary N) is 1. The van der Waals surface area contributed by atoms with E-state index in [0.717, 1.165) is 4.47 Å². The fourth-order valence-corrected chi connectivity index (χ4v) is 1.95. The Morgan fingerprint density at radius 1 is 1.37 bits per heavy atom. The first kappa shape index (κ1) is 16.0. The molecule has 1 aromatic rings. The molecule has 1 rings (SSSR count). The van der Waals surface area contributed by atoms with E-state index in [2.05, 4.69) is 35.1 Å². The van der Waals surface area contributed by atoms with E-state index in [1.807, 2.05) is 24.3 Å². The van der Waals surface area contributed by atoms with Gasteiger partial charge in [0.1, 0.15) is 0 Å². The summed E-state index contributed by atoms with van der Waals surface area (Å²) in [4.78, 5) is 13.2. The molecule has 0 saturated carbocycles. The Bertz CT molecular complexity index is 418. The summed E-state index contributed by atoms with van der Waals surface area (Å²) in [6, 6.07) is 7.92. The normalized spacial score (nSPS) is 11.2. The van der Waals surface area contributed by atoms with Crippen LogP contribution in [0.4, 0.5) is 4.79 Å². The molecule has 0 fully saturated rings. The van der Waals surface area contributed by atoms with Crippen LogP contribution in [0.1, 0.15) is 19.4 Å². The van der Waals surface area contributed by atoms with Crippen molar-refractivity contribution in [3.05, 3.63) is 34.3 Å². The maximum Gasteiger partial charge on any atom is 0.317 e. The van der Waals surface area contributed by atoms with Gasteiger partial charge in [0.05, 0.1) is 6.61 Å². The van der Waals surface area contributed by atoms with Gasteiger partial charge in [-0.15, -0.1) is 0 Å². The fourth-order valence-electron chi connectivity index (χ4n) is 1.69. The summed E-state index contributed by atoms with van der Waals surface area (Å²) in [6.45, 7) is 5.03. The molecule has 0 bridgehead atoms. The van der Waals surface area contributed by atoms with E-state index in [-0.39, 0.29) is 18.1 Å². The van der Waals surface area contributed by atoms with E-state index in [1.54, 1.807) is 7.05 Å². The van der Waals surface area contributed by atoms with Gasteiger partial charge in [-0.1, -0.05) is 41.9 Å². The van der Waals surface area contributed by atoms with E-state index in [4.69, 9.17) is 5.11 Å². The van der Waals surface area contributed by atoms with Crippen LogP contribution in [-0.4, -0.2) is 42.8 Å². The zero-order chi connectivity index (χ0) is 14.5. The van der Waals surface area contributed by atoms with Gasteiger partial charge in [0.2, 0.25) is 0 Å². The molecule has 0 heterocycles. The molecular weight excluding hydrogens is 308 g/mol. The number of hydrogen-bond acceptors (Lipinski definition) is 2. The number of rotatable bonds is 5. The van der Waals surface area contributed by atoms with Crippen LogP contribution in [0.25, 0.3) is 0 Å². The topological polar surface area (TPSA) is 52.6 Å². The summed E-state index contributed by atoms with van der Waals surface area (Å²) < 4.78 is 1.04. The molecule has 0 unspecified atom stereocenters. The highest BCUT2D eigenvalue weighted by Crippen LogP contribution is 2.24. The summed E-state index contributed by atoms with van der Waals surface area (Å²) >= 11 is 3.41. The van der Waals surface area contributed by atoms with Crippen molar-refractivity contribution in [1.82, 2.24) is 10.2 Å². The third-order valence-electron chi connectivity index (χ3n) is 3.09. The number of hydrogen-bond donors (Lipinski definition) is 2. The summed E-state index contributed by atoms with van der Waals surface area (Å²) in [5, 5.41) is 11.7. The van der Waals surface area contributed by atoms with Gasteiger partial charge < -0.3 is 15.3 Å². The molecule has 0 aliphatic heterocycles. The van der Waals surface area contributed by atoms with Crippen molar-refractivity contribution in [2.75, 3.05) is 26.7 Å². The number of urea groups is 1. The Morgan fingerprint density at radius 2 is 1.95 bits per heavy atom. The number of halogens is 1. The first-order valence-corrected chi connectivity index (χ1v) is 7.02. The molecule has 0 aliphatic carbocycles. The number of likely N-dealkylation sites (N-methyl/N-ethyl adjacent to an activating group) is 1. The van der Waals surface area contributed by atoms with Gasteiger partial charge in [0.15, 0.2) is 0 Å². The highest BCUT2D eigenvalue weighted by Gasteiger charge is 2.22. The van der Waals surface area contributed by atoms with Crippen LogP contribution < -0.4 is 5.32 Å². The Hall–Kier alpha value is -1.07. The van der Waals surface area contributed by atoms with Gasteiger partial charge in [0.25, 0.3) is 0 Å². The van der Waals surface area contributed by atoms with Crippen LogP contribution in [0.15, 0.2) is 28.7 Å². The van der Waals surface area contributed by atoms with Crippen LogP contribution in [0.2, 0.25) is 0 Å². The summed E-state index contributed by atoms with van der Waals surface area (Å²) in [7, 11) is 1.66. The van der Waals surface area contributed by atoms with Crippen molar-refractivity contribution in [3.63, 3.8) is 0 Å². The molecule has 0 spiro atoms. The van der Waals surface area contributed by atoms with E-state index in [1.165, 1.54) is 10.5 Å². The first-order chi connectivity index (χ1) is 8.86. The number of aliphatic hydroxyl groups excluding tert-OH is 1. The number of aliphatic hydroxyl groups is 1. The third kappa shape index (κ3) is 4.84. The smallest absolute Gasteiger partial charge is 0.317 e. The molecule has 19 heavy (non-hydrogen) atoms. The summed E-state index contributed by atoms with van der Waals surface area (Å²) in [6.07, 6.45) is 0. The predicted octanol–water partition coefficient (Wildman–Crippen LogP) is 2.36. The van der Waals surface area contributed by atoms with Crippen LogP contribution >= 0.6 is 15.9 Å². The van der Waals surface area contributed by atoms with E-state index >= 15 is 0 Å². The molecule has 4 nitrogen and oxygen atoms in total. The largest absolute Gasteiger partial charge is 0.395 e. The van der Waals surface area contributed by atoms with Gasteiger partial charge in [-0.3, -0.25) is 0 Å². The highest BCUT2D eigenvalue weighted by atomic mass is 79.9. The molecule has 106 valence electrons. The maximum atomic E-state index is 11.8. The molecule has 1 aromatic carbocycles. The summed E-state index contributed by atoms with van der Waals surface area (Å²) in [5.41, 5.74) is 1.02. The van der Waals surface area contributed by atoms with Gasteiger partial charge in [-0.05, 0) is 17.7 Å². The van der Waals surface area contributed by atoms with Crippen LogP contribution in [0.5, 0.6) is 0 Å². The van der Waals surface area contributed by atoms with E-state index < -0.39 is 0 Å². The van der Waals surface area contributed by atoms with Crippen molar-refractivity contribution in [1.29, 1.82) is 0 Å². The minimum Gasteiger partial charge on any atom is -0.395 e. The molecule has 0 saturated heterocycles. The van der Waals surface area contributed by atoms with Gasteiger partial charge in [0, 0.05) is 30.0 Å². The quantitative estimate of drug-likeness (QED) is 0.871. The monoisotopic (exact) mass is 328 g/mol. The number of benzene rings is 1. The molecule has 5 heteroatoms. The van der Waals surface area contributed by atoms with Crippen molar-refractivity contribution in [2.45, 2.75) is 19.3 Å². The number of amides is 2. The third-order valence-corrected chi connectivity index (χ3v) is 3.62. The zero-order valence-electron chi connectivity index (χ0n) is 11.6. The van der Waals surface area contributed by atoms with E-state index in [0.29, 0.717) is 13.1 Å². The molecule has 2 N–H and O–H groups in total. The van der Waals surface area contributed by atoms with Crippen LogP contribution in [0, 0.1) is 0 Å². The van der Waals surface area contributed by atoms with Gasteiger partial charge in [-0.2, -0.15) is 0 Å². The lowest BCUT2D eigenvalue weighted by atomic mass is 9.85. The Morgan fingerprint density at radius 3 is 2.47 bits per heavy atom. The maximum absolute atomic E-state index is 11.8. The number of nitrogens with zero attached hydrogens (tertiary/aromatic N) is 1. The molecule has 0 atom stereocenters. The van der Waals surface area contributed by atoms with Crippen molar-refractivity contribution >= 4 is 22.0 Å². The molecule has 2 amide bonds. The van der Waals surface area contributed by atoms with E-state index in [9.17, 15) is 4.79 Å². The Labute approximate surface area is 122 Å². The van der Waals surface area contributed by atoms with Gasteiger partial charge in [-0.25, -0.2) is 4.79 Å². The lowest BCUT2D eigenvalue weighted by molar-refractivity contribution is 0.188. The lowest BCUT2D eigenvalue weighted by Gasteiger charge is -2.27. The Kier molecular flexibility index (Phi) is 5.82. The van der Waals surface area contributed by atoms with Crippen LogP contribution in [-0.2, 0) is 5.41 Å². The second kappa shape index (κ2) is 6.91. The average molecular weight is 329 g/mol. The van der Waals surface area contributed by atoms with Crippen molar-refractivity contribution < 1.29 is 9.90 Å². The van der Waals surface area contributed by atoms with Crippen molar-refractivity contribution in [2.24, 2.45) is 0 Å². The van der Waals surface area contributed by atoms with Crippen LogP contribution in [0.3, 0.4) is 0 Å². The second-order valence-corrected chi connectivity index (χ2v) is 6.11. The minimum absolute atomic E-state index is 0.0278. The molecule has 0 aliphatic rings. The second-order valence-electron chi connectivity index (χ2n) is 5.19. The molecule has 0 aromatic heterocycles. The Balaban J connectivity index is 2.60. The predicted molar refractivity (Wildman–Crippen MR) is 80.3 cm³/mol. The SMILES string of the molecule is CN(CCO)C(=O)NCC(C)(C)c1ccc(Br)cc1.